The van der Waals surface area contributed by atoms with E-state index < -0.39 is 0 Å². The third kappa shape index (κ3) is 5.41. The van der Waals surface area contributed by atoms with E-state index in [2.05, 4.69) is 44.8 Å². The van der Waals surface area contributed by atoms with Gasteiger partial charge in [-0.25, -0.2) is 0 Å². The molecule has 2 N–H and O–H groups in total. The first kappa shape index (κ1) is 21.0. The fourth-order valence-electron chi connectivity index (χ4n) is 3.22. The quantitative estimate of drug-likeness (QED) is 0.553. The second-order valence-corrected chi connectivity index (χ2v) is 7.54. The van der Waals surface area contributed by atoms with Crippen molar-refractivity contribution in [3.63, 3.8) is 0 Å². The van der Waals surface area contributed by atoms with Crippen LogP contribution in [0.1, 0.15) is 16.8 Å². The molecule has 2 aromatic rings. The SMILES string of the molecule is CN=C(NCc1ccccc1CN1CCOCC1)NCc1cc(Cl)c(Cl)n1C. The van der Waals surface area contributed by atoms with Gasteiger partial charge in [-0.1, -0.05) is 47.5 Å². The highest BCUT2D eigenvalue weighted by Gasteiger charge is 2.13. The van der Waals surface area contributed by atoms with Gasteiger partial charge in [0.05, 0.1) is 24.8 Å². The maximum atomic E-state index is 6.13. The number of morpholine rings is 1. The molecule has 1 aromatic carbocycles. The molecule has 0 aliphatic carbocycles. The van der Waals surface area contributed by atoms with E-state index in [0.717, 1.165) is 44.5 Å². The van der Waals surface area contributed by atoms with E-state index in [9.17, 15) is 0 Å². The van der Waals surface area contributed by atoms with Gasteiger partial charge in [-0.15, -0.1) is 0 Å². The van der Waals surface area contributed by atoms with E-state index in [1.165, 1.54) is 11.1 Å². The van der Waals surface area contributed by atoms with Crippen LogP contribution < -0.4 is 10.6 Å². The predicted octanol–water partition coefficient (Wildman–Crippen LogP) is 3.03. The van der Waals surface area contributed by atoms with Gasteiger partial charge >= 0.3 is 0 Å². The lowest BCUT2D eigenvalue weighted by atomic mass is 10.1. The molecule has 0 amide bonds. The van der Waals surface area contributed by atoms with Crippen LogP contribution in [0, 0.1) is 0 Å². The number of nitrogens with one attached hydrogen (secondary N) is 2. The van der Waals surface area contributed by atoms with Crippen molar-refractivity contribution in [1.29, 1.82) is 0 Å². The van der Waals surface area contributed by atoms with Crippen LogP contribution >= 0.6 is 23.2 Å². The number of halogens is 2. The standard InChI is InChI=1S/C20H27Cl2N5O/c1-23-20(25-13-17-11-18(21)19(22)26(17)2)24-12-15-5-3-4-6-16(15)14-27-7-9-28-10-8-27/h3-6,11H,7-10,12-14H2,1-2H3,(H2,23,24,25). The van der Waals surface area contributed by atoms with Crippen LogP contribution in [0.25, 0.3) is 0 Å². The summed E-state index contributed by atoms with van der Waals surface area (Å²) in [5, 5.41) is 7.80. The third-order valence-electron chi connectivity index (χ3n) is 4.94. The molecule has 8 heteroatoms. The average Bonchev–Trinajstić information content (AvgIpc) is 2.97. The Labute approximate surface area is 176 Å². The summed E-state index contributed by atoms with van der Waals surface area (Å²) in [6, 6.07) is 10.4. The van der Waals surface area contributed by atoms with Crippen LogP contribution in [0.4, 0.5) is 0 Å². The zero-order valence-corrected chi connectivity index (χ0v) is 17.9. The van der Waals surface area contributed by atoms with Crippen molar-refractivity contribution in [3.05, 3.63) is 57.3 Å². The highest BCUT2D eigenvalue weighted by atomic mass is 35.5. The number of hydrogen-bond donors (Lipinski definition) is 2. The van der Waals surface area contributed by atoms with Crippen molar-refractivity contribution in [2.75, 3.05) is 33.4 Å². The molecule has 1 aliphatic rings. The van der Waals surface area contributed by atoms with Crippen LogP contribution in [0.2, 0.25) is 10.2 Å². The molecule has 6 nitrogen and oxygen atoms in total. The Kier molecular flexibility index (Phi) is 7.62. The van der Waals surface area contributed by atoms with E-state index in [1.54, 1.807) is 7.05 Å². The number of ether oxygens (including phenoxy) is 1. The van der Waals surface area contributed by atoms with E-state index in [1.807, 2.05) is 17.7 Å². The van der Waals surface area contributed by atoms with Crippen LogP contribution in [-0.4, -0.2) is 48.8 Å². The molecule has 0 radical (unpaired) electrons. The Hall–Kier alpha value is -1.73. The smallest absolute Gasteiger partial charge is 0.191 e. The Balaban J connectivity index is 1.56. The molecule has 28 heavy (non-hydrogen) atoms. The molecule has 3 rings (SSSR count). The molecule has 0 saturated carbocycles. The molecule has 0 atom stereocenters. The molecule has 0 bridgehead atoms. The summed E-state index contributed by atoms with van der Waals surface area (Å²) >= 11 is 12.2. The molecule has 1 aliphatic heterocycles. The molecular weight excluding hydrogens is 397 g/mol. The summed E-state index contributed by atoms with van der Waals surface area (Å²) in [7, 11) is 3.66. The first-order valence-electron chi connectivity index (χ1n) is 9.39. The average molecular weight is 424 g/mol. The summed E-state index contributed by atoms with van der Waals surface area (Å²) in [6.45, 7) is 5.80. The van der Waals surface area contributed by atoms with Gasteiger partial charge in [0, 0.05) is 46.0 Å². The molecule has 0 spiro atoms. The van der Waals surface area contributed by atoms with Crippen LogP contribution in [0.5, 0.6) is 0 Å². The number of aliphatic imine (C=N–C) groups is 1. The van der Waals surface area contributed by atoms with E-state index in [-0.39, 0.29) is 0 Å². The number of aromatic nitrogens is 1. The molecule has 1 fully saturated rings. The fourth-order valence-corrected chi connectivity index (χ4v) is 3.63. The summed E-state index contributed by atoms with van der Waals surface area (Å²) in [5.41, 5.74) is 3.58. The summed E-state index contributed by atoms with van der Waals surface area (Å²) in [5.74, 6) is 0.731. The molecule has 1 aromatic heterocycles. The molecular formula is C20H27Cl2N5O. The molecule has 1 saturated heterocycles. The minimum absolute atomic E-state index is 0.540. The van der Waals surface area contributed by atoms with Crippen LogP contribution in [0.3, 0.4) is 0 Å². The molecule has 0 unspecified atom stereocenters. The summed E-state index contributed by atoms with van der Waals surface area (Å²) in [6.07, 6.45) is 0. The number of nitrogens with zero attached hydrogens (tertiary/aromatic N) is 3. The van der Waals surface area contributed by atoms with Crippen LogP contribution in [0.15, 0.2) is 35.3 Å². The zero-order chi connectivity index (χ0) is 19.9. The number of guanidine groups is 1. The third-order valence-corrected chi connectivity index (χ3v) is 5.78. The Morgan fingerprint density at radius 2 is 1.79 bits per heavy atom. The van der Waals surface area contributed by atoms with Crippen molar-refractivity contribution in [2.24, 2.45) is 12.0 Å². The Morgan fingerprint density at radius 3 is 2.43 bits per heavy atom. The van der Waals surface area contributed by atoms with Crippen molar-refractivity contribution < 1.29 is 4.74 Å². The van der Waals surface area contributed by atoms with Gasteiger partial charge in [0.2, 0.25) is 0 Å². The van der Waals surface area contributed by atoms with Crippen molar-refractivity contribution in [2.45, 2.75) is 19.6 Å². The van der Waals surface area contributed by atoms with Gasteiger partial charge in [0.15, 0.2) is 5.96 Å². The summed E-state index contributed by atoms with van der Waals surface area (Å²) in [4.78, 5) is 6.74. The van der Waals surface area contributed by atoms with Gasteiger partial charge in [-0.3, -0.25) is 9.89 Å². The number of rotatable bonds is 6. The normalized spacial score (nSPS) is 15.6. The van der Waals surface area contributed by atoms with Gasteiger partial charge in [-0.2, -0.15) is 0 Å². The summed E-state index contributed by atoms with van der Waals surface area (Å²) < 4.78 is 7.31. The minimum atomic E-state index is 0.540. The van der Waals surface area contributed by atoms with Gasteiger partial charge in [0.1, 0.15) is 5.15 Å². The van der Waals surface area contributed by atoms with Crippen molar-refractivity contribution in [1.82, 2.24) is 20.1 Å². The maximum Gasteiger partial charge on any atom is 0.191 e. The second kappa shape index (κ2) is 10.2. The van der Waals surface area contributed by atoms with Gasteiger partial charge in [-0.05, 0) is 17.2 Å². The lowest BCUT2D eigenvalue weighted by Gasteiger charge is -2.27. The minimum Gasteiger partial charge on any atom is -0.379 e. The predicted molar refractivity (Wildman–Crippen MR) is 115 cm³/mol. The van der Waals surface area contributed by atoms with E-state index in [4.69, 9.17) is 27.9 Å². The highest BCUT2D eigenvalue weighted by molar-refractivity contribution is 6.41. The topological polar surface area (TPSA) is 53.8 Å². The first-order valence-corrected chi connectivity index (χ1v) is 10.1. The fraction of sp³-hybridized carbons (Fsp3) is 0.450. The number of benzene rings is 1. The lowest BCUT2D eigenvalue weighted by Crippen LogP contribution is -2.38. The maximum absolute atomic E-state index is 6.13. The lowest BCUT2D eigenvalue weighted by molar-refractivity contribution is 0.0341. The van der Waals surface area contributed by atoms with Crippen molar-refractivity contribution in [3.8, 4) is 0 Å². The van der Waals surface area contributed by atoms with E-state index in [0.29, 0.717) is 23.3 Å². The van der Waals surface area contributed by atoms with Gasteiger partial charge < -0.3 is 19.9 Å². The van der Waals surface area contributed by atoms with Crippen LogP contribution in [-0.2, 0) is 31.4 Å². The van der Waals surface area contributed by atoms with Crippen molar-refractivity contribution >= 4 is 29.2 Å². The molecule has 152 valence electrons. The first-order chi connectivity index (χ1) is 13.6. The van der Waals surface area contributed by atoms with E-state index >= 15 is 0 Å². The number of hydrogen-bond acceptors (Lipinski definition) is 3. The Bertz CT molecular complexity index is 815. The monoisotopic (exact) mass is 423 g/mol. The van der Waals surface area contributed by atoms with Gasteiger partial charge in [0.25, 0.3) is 0 Å². The highest BCUT2D eigenvalue weighted by Crippen LogP contribution is 2.24. The zero-order valence-electron chi connectivity index (χ0n) is 16.3. The Morgan fingerprint density at radius 1 is 1.11 bits per heavy atom. The molecule has 2 heterocycles. The largest absolute Gasteiger partial charge is 0.379 e. The second-order valence-electron chi connectivity index (χ2n) is 6.77.